The molecule has 0 aromatic rings. The molecule has 1 atom stereocenters. The summed E-state index contributed by atoms with van der Waals surface area (Å²) in [6.07, 6.45) is -24.3. The van der Waals surface area contributed by atoms with Gasteiger partial charge in [0.2, 0.25) is 0 Å². The predicted octanol–water partition coefficient (Wildman–Crippen LogP) is 4.40. The highest BCUT2D eigenvalue weighted by Crippen LogP contribution is 2.50. The van der Waals surface area contributed by atoms with Gasteiger partial charge in [0.25, 0.3) is 0 Å². The summed E-state index contributed by atoms with van der Waals surface area (Å²) in [7, 11) is 0. The molecule has 0 bridgehead atoms. The topological polar surface area (TPSA) is 18.5 Å². The molecule has 0 saturated carbocycles. The fraction of sp³-hybridized carbons (Fsp3) is 0.667. The molecule has 120 valence electrons. The van der Waals surface area contributed by atoms with Crippen LogP contribution in [0.15, 0.2) is 12.1 Å². The van der Waals surface area contributed by atoms with Crippen LogP contribution in [0.25, 0.3) is 0 Å². The second-order valence-electron chi connectivity index (χ2n) is 2.79. The number of alkyl halides is 9. The smallest absolute Gasteiger partial charge is 0.398 e. The van der Waals surface area contributed by atoms with Crippen molar-refractivity contribution in [1.82, 2.24) is 0 Å². The lowest BCUT2D eigenvalue weighted by Crippen LogP contribution is -2.60. The summed E-state index contributed by atoms with van der Waals surface area (Å²) in [4.78, 5) is 0. The molecule has 0 fully saturated rings. The van der Waals surface area contributed by atoms with Gasteiger partial charge in [-0.1, -0.05) is 0 Å². The van der Waals surface area contributed by atoms with Gasteiger partial charge in [-0.25, -0.2) is 4.74 Å². The fourth-order valence-corrected chi connectivity index (χ4v) is 0.659. The molecular weight excluding hydrogens is 332 g/mol. The van der Waals surface area contributed by atoms with Crippen LogP contribution >= 0.6 is 0 Å². The van der Waals surface area contributed by atoms with E-state index in [1.54, 1.807) is 0 Å². The summed E-state index contributed by atoms with van der Waals surface area (Å²) in [5.74, 6) is -6.95. The van der Waals surface area contributed by atoms with Gasteiger partial charge in [-0.3, -0.25) is 0 Å². The molecule has 0 aromatic heterocycles. The molecule has 0 saturated heterocycles. The van der Waals surface area contributed by atoms with E-state index in [-0.39, 0.29) is 0 Å². The minimum Gasteiger partial charge on any atom is -0.398 e. The zero-order valence-corrected chi connectivity index (χ0v) is 8.35. The number of halogens is 12. The molecule has 0 radical (unpaired) electrons. The Morgan fingerprint density at radius 3 is 1.35 bits per heavy atom. The monoisotopic (exact) mass is 332 g/mol. The molecule has 14 heteroatoms. The third kappa shape index (κ3) is 4.08. The fourth-order valence-electron chi connectivity index (χ4n) is 0.659. The van der Waals surface area contributed by atoms with Gasteiger partial charge < -0.3 is 4.74 Å². The van der Waals surface area contributed by atoms with Gasteiger partial charge in [0, 0.05) is 0 Å². The van der Waals surface area contributed by atoms with Gasteiger partial charge in [0.15, 0.2) is 0 Å². The third-order valence-corrected chi connectivity index (χ3v) is 1.36. The zero-order chi connectivity index (χ0) is 16.6. The van der Waals surface area contributed by atoms with Gasteiger partial charge in [-0.2, -0.15) is 39.5 Å². The van der Waals surface area contributed by atoms with Gasteiger partial charge in [0.1, 0.15) is 0 Å². The van der Waals surface area contributed by atoms with Crippen LogP contribution in [0.2, 0.25) is 0 Å². The Bertz CT molecular complexity index is 376. The molecule has 0 spiro atoms. The van der Waals surface area contributed by atoms with Crippen LogP contribution in [0.4, 0.5) is 52.7 Å². The Kier molecular flexibility index (Phi) is 4.86. The minimum atomic E-state index is -7.10. The molecule has 20 heavy (non-hydrogen) atoms. The van der Waals surface area contributed by atoms with E-state index in [2.05, 4.69) is 0 Å². The van der Waals surface area contributed by atoms with Crippen LogP contribution in [-0.2, 0) is 9.47 Å². The number of hydrogen-bond donors (Lipinski definition) is 0. The standard InChI is InChI=1S/C6F12O2/c7-1(8)2(9)19-5(14,15)3(10,4(11,12)13)20-6(16,17)18. The first kappa shape index (κ1) is 18.7. The first-order valence-electron chi connectivity index (χ1n) is 3.83. The average Bonchev–Trinajstić information content (AvgIpc) is 2.11. The van der Waals surface area contributed by atoms with Crippen LogP contribution in [0, 0.1) is 0 Å². The van der Waals surface area contributed by atoms with Crippen LogP contribution in [0.3, 0.4) is 0 Å². The molecule has 0 amide bonds. The number of rotatable bonds is 4. The van der Waals surface area contributed by atoms with Crippen LogP contribution in [0.1, 0.15) is 0 Å². The first-order valence-corrected chi connectivity index (χ1v) is 3.83. The summed E-state index contributed by atoms with van der Waals surface area (Å²) in [5, 5.41) is 0. The average molecular weight is 332 g/mol. The summed E-state index contributed by atoms with van der Waals surface area (Å²) in [5.41, 5.74) is 0. The molecule has 0 aliphatic rings. The molecule has 2 nitrogen and oxygen atoms in total. The van der Waals surface area contributed by atoms with E-state index >= 15 is 0 Å². The van der Waals surface area contributed by atoms with Crippen molar-refractivity contribution < 1.29 is 62.2 Å². The summed E-state index contributed by atoms with van der Waals surface area (Å²) >= 11 is 0. The summed E-state index contributed by atoms with van der Waals surface area (Å²) in [6, 6.07) is -3.72. The molecule has 0 N–H and O–H groups in total. The zero-order valence-electron chi connectivity index (χ0n) is 8.35. The number of hydrogen-bond acceptors (Lipinski definition) is 2. The van der Waals surface area contributed by atoms with Crippen LogP contribution in [-0.4, -0.2) is 24.5 Å². The molecule has 1 unspecified atom stereocenters. The lowest BCUT2D eigenvalue weighted by molar-refractivity contribution is -0.517. The highest BCUT2D eigenvalue weighted by molar-refractivity contribution is 4.92. The molecule has 0 rings (SSSR count). The van der Waals surface area contributed by atoms with Gasteiger partial charge in [-0.15, -0.1) is 13.2 Å². The highest BCUT2D eigenvalue weighted by atomic mass is 19.4. The van der Waals surface area contributed by atoms with Crippen molar-refractivity contribution in [3.8, 4) is 0 Å². The quantitative estimate of drug-likeness (QED) is 0.561. The van der Waals surface area contributed by atoms with E-state index in [9.17, 15) is 52.7 Å². The lowest BCUT2D eigenvalue weighted by atomic mass is 10.2. The van der Waals surface area contributed by atoms with E-state index in [1.165, 1.54) is 4.74 Å². The van der Waals surface area contributed by atoms with Crippen molar-refractivity contribution in [3.63, 3.8) is 0 Å². The molecule has 0 aromatic carbocycles. The Labute approximate surface area is 100 Å². The highest BCUT2D eigenvalue weighted by Gasteiger charge is 2.79. The Morgan fingerprint density at radius 1 is 0.700 bits per heavy atom. The third-order valence-electron chi connectivity index (χ3n) is 1.36. The maximum absolute atomic E-state index is 12.8. The van der Waals surface area contributed by atoms with Crippen LogP contribution in [0.5, 0.6) is 0 Å². The van der Waals surface area contributed by atoms with Crippen molar-refractivity contribution >= 4 is 0 Å². The van der Waals surface area contributed by atoms with Crippen molar-refractivity contribution in [3.05, 3.63) is 12.1 Å². The van der Waals surface area contributed by atoms with E-state index in [0.717, 1.165) is 0 Å². The second kappa shape index (κ2) is 5.21. The SMILES string of the molecule is FC(F)=C(F)OC(F)(F)C(F)(OC(F)(F)F)C(F)(F)F. The maximum atomic E-state index is 12.8. The van der Waals surface area contributed by atoms with E-state index in [4.69, 9.17) is 0 Å². The Morgan fingerprint density at radius 2 is 1.10 bits per heavy atom. The second-order valence-corrected chi connectivity index (χ2v) is 2.79. The molecule has 0 aliphatic carbocycles. The van der Waals surface area contributed by atoms with E-state index in [1.807, 2.05) is 4.74 Å². The number of ether oxygens (including phenoxy) is 2. The van der Waals surface area contributed by atoms with Crippen molar-refractivity contribution in [1.29, 1.82) is 0 Å². The van der Waals surface area contributed by atoms with Crippen molar-refractivity contribution in [2.75, 3.05) is 0 Å². The molecule has 0 heterocycles. The van der Waals surface area contributed by atoms with Crippen LogP contribution < -0.4 is 0 Å². The van der Waals surface area contributed by atoms with Gasteiger partial charge in [0.05, 0.1) is 0 Å². The van der Waals surface area contributed by atoms with Gasteiger partial charge >= 0.3 is 36.6 Å². The van der Waals surface area contributed by atoms with E-state index in [0.29, 0.717) is 0 Å². The molecular formula is C6F12O2. The Balaban J connectivity index is 5.71. The predicted molar refractivity (Wildman–Crippen MR) is 33.4 cm³/mol. The normalized spacial score (nSPS) is 16.6. The van der Waals surface area contributed by atoms with Gasteiger partial charge in [-0.05, 0) is 0 Å². The largest absolute Gasteiger partial charge is 0.525 e. The lowest BCUT2D eigenvalue weighted by Gasteiger charge is -2.33. The van der Waals surface area contributed by atoms with Crippen molar-refractivity contribution in [2.45, 2.75) is 24.5 Å². The summed E-state index contributed by atoms with van der Waals surface area (Å²) < 4.78 is 146. The Hall–Kier alpha value is -1.34. The first-order chi connectivity index (χ1) is 8.53. The molecule has 0 aliphatic heterocycles. The maximum Gasteiger partial charge on any atom is 0.525 e. The van der Waals surface area contributed by atoms with Crippen molar-refractivity contribution in [2.24, 2.45) is 0 Å². The minimum absolute atomic E-state index is 1.53. The summed E-state index contributed by atoms with van der Waals surface area (Å²) in [6.45, 7) is 0. The van der Waals surface area contributed by atoms with E-state index < -0.39 is 36.6 Å².